The molecule has 6 heteroatoms. The van der Waals surface area contributed by atoms with E-state index in [9.17, 15) is 9.59 Å². The van der Waals surface area contributed by atoms with Crippen molar-refractivity contribution < 1.29 is 9.59 Å². The van der Waals surface area contributed by atoms with E-state index in [0.717, 1.165) is 52.1 Å². The highest BCUT2D eigenvalue weighted by molar-refractivity contribution is 5.86. The van der Waals surface area contributed by atoms with Gasteiger partial charge in [0.2, 0.25) is 5.91 Å². The van der Waals surface area contributed by atoms with Crippen molar-refractivity contribution in [3.8, 4) is 0 Å². The summed E-state index contributed by atoms with van der Waals surface area (Å²) in [7, 11) is 0. The summed E-state index contributed by atoms with van der Waals surface area (Å²) >= 11 is 0. The molecule has 2 amide bonds. The number of hydrogen-bond acceptors (Lipinski definition) is 4. The smallest absolute Gasteiger partial charge is 0.257 e. The Bertz CT molecular complexity index is 345. The highest BCUT2D eigenvalue weighted by Gasteiger charge is 2.23. The number of piperazine rings is 1. The molecule has 0 spiro atoms. The molecule has 6 nitrogen and oxygen atoms in total. The van der Waals surface area contributed by atoms with Gasteiger partial charge < -0.3 is 4.90 Å². The average Bonchev–Trinajstić information content (AvgIpc) is 2.95. The van der Waals surface area contributed by atoms with E-state index in [1.165, 1.54) is 6.08 Å². The monoisotopic (exact) mass is 266 g/mol. The molecule has 0 aromatic rings. The number of likely N-dealkylation sites (tertiary alicyclic amines) is 1. The fourth-order valence-electron chi connectivity index (χ4n) is 2.48. The molecular formula is C13H22N4O2. The zero-order valence-corrected chi connectivity index (χ0v) is 11.3. The van der Waals surface area contributed by atoms with Crippen LogP contribution in [-0.2, 0) is 9.59 Å². The van der Waals surface area contributed by atoms with E-state index in [1.807, 2.05) is 9.91 Å². The Kier molecular flexibility index (Phi) is 4.93. The maximum atomic E-state index is 12.0. The molecule has 0 aliphatic carbocycles. The molecule has 0 aromatic carbocycles. The molecule has 0 saturated carbocycles. The standard InChI is InChI=1S/C13H22N4O2/c1-2-12(18)14-17-9-7-15(8-10-17)11-13(19)16-5-3-4-6-16/h2H,1,3-11H2,(H,14,18). The van der Waals surface area contributed by atoms with Gasteiger partial charge in [-0.3, -0.25) is 19.9 Å². The highest BCUT2D eigenvalue weighted by atomic mass is 16.2. The summed E-state index contributed by atoms with van der Waals surface area (Å²) in [4.78, 5) is 27.3. The Labute approximate surface area is 114 Å². The van der Waals surface area contributed by atoms with Crippen LogP contribution in [0.2, 0.25) is 0 Å². The fourth-order valence-corrected chi connectivity index (χ4v) is 2.48. The van der Waals surface area contributed by atoms with Crippen LogP contribution < -0.4 is 5.43 Å². The van der Waals surface area contributed by atoms with Gasteiger partial charge >= 0.3 is 0 Å². The van der Waals surface area contributed by atoms with E-state index in [-0.39, 0.29) is 11.8 Å². The predicted octanol–water partition coefficient (Wildman–Crippen LogP) is -0.556. The molecule has 1 N–H and O–H groups in total. The predicted molar refractivity (Wildman–Crippen MR) is 72.2 cm³/mol. The fraction of sp³-hybridized carbons (Fsp3) is 0.692. The normalized spacial score (nSPS) is 21.4. The summed E-state index contributed by atoms with van der Waals surface area (Å²) in [5, 5.41) is 1.88. The van der Waals surface area contributed by atoms with Crippen LogP contribution in [0.4, 0.5) is 0 Å². The largest absolute Gasteiger partial charge is 0.342 e. The molecule has 0 bridgehead atoms. The van der Waals surface area contributed by atoms with Gasteiger partial charge in [-0.2, -0.15) is 0 Å². The van der Waals surface area contributed by atoms with Crippen molar-refractivity contribution in [1.29, 1.82) is 0 Å². The molecule has 2 heterocycles. The lowest BCUT2D eigenvalue weighted by molar-refractivity contribution is -0.132. The van der Waals surface area contributed by atoms with Crippen molar-refractivity contribution in [2.75, 3.05) is 45.8 Å². The second-order valence-corrected chi connectivity index (χ2v) is 5.03. The molecule has 2 aliphatic rings. The van der Waals surface area contributed by atoms with Crippen LogP contribution >= 0.6 is 0 Å². The van der Waals surface area contributed by atoms with Gasteiger partial charge in [-0.25, -0.2) is 5.01 Å². The van der Waals surface area contributed by atoms with E-state index in [1.54, 1.807) is 0 Å². The number of hydrogen-bond donors (Lipinski definition) is 1. The molecule has 0 radical (unpaired) electrons. The molecule has 2 rings (SSSR count). The van der Waals surface area contributed by atoms with Gasteiger partial charge in [0.1, 0.15) is 0 Å². The van der Waals surface area contributed by atoms with E-state index in [4.69, 9.17) is 0 Å². The third-order valence-corrected chi connectivity index (χ3v) is 3.64. The van der Waals surface area contributed by atoms with Crippen molar-refractivity contribution in [2.45, 2.75) is 12.8 Å². The quantitative estimate of drug-likeness (QED) is 0.693. The topological polar surface area (TPSA) is 55.9 Å². The number of nitrogens with zero attached hydrogens (tertiary/aromatic N) is 3. The Balaban J connectivity index is 1.69. The number of rotatable bonds is 4. The molecule has 0 aromatic heterocycles. The summed E-state index contributed by atoms with van der Waals surface area (Å²) in [5.41, 5.74) is 2.75. The van der Waals surface area contributed by atoms with Crippen LogP contribution in [0.25, 0.3) is 0 Å². The summed E-state index contributed by atoms with van der Waals surface area (Å²) in [6, 6.07) is 0. The lowest BCUT2D eigenvalue weighted by Gasteiger charge is -2.34. The summed E-state index contributed by atoms with van der Waals surface area (Å²) in [6.45, 7) is 8.84. The summed E-state index contributed by atoms with van der Waals surface area (Å²) < 4.78 is 0. The van der Waals surface area contributed by atoms with Crippen molar-refractivity contribution in [1.82, 2.24) is 20.2 Å². The first-order valence-electron chi connectivity index (χ1n) is 6.87. The van der Waals surface area contributed by atoms with E-state index in [2.05, 4.69) is 16.9 Å². The van der Waals surface area contributed by atoms with E-state index >= 15 is 0 Å². The van der Waals surface area contributed by atoms with E-state index in [0.29, 0.717) is 6.54 Å². The molecular weight excluding hydrogens is 244 g/mol. The van der Waals surface area contributed by atoms with Gasteiger partial charge in [0.15, 0.2) is 0 Å². The van der Waals surface area contributed by atoms with Crippen LogP contribution in [0.15, 0.2) is 12.7 Å². The number of hydrazine groups is 1. The number of carbonyl (C=O) groups is 2. The molecule has 106 valence electrons. The minimum absolute atomic E-state index is 0.179. The van der Waals surface area contributed by atoms with Crippen LogP contribution in [0.3, 0.4) is 0 Å². The Morgan fingerprint density at radius 3 is 2.26 bits per heavy atom. The molecule has 0 atom stereocenters. The number of carbonyl (C=O) groups excluding carboxylic acids is 2. The maximum Gasteiger partial charge on any atom is 0.257 e. The van der Waals surface area contributed by atoms with Crippen molar-refractivity contribution in [2.24, 2.45) is 0 Å². The second kappa shape index (κ2) is 6.68. The molecule has 0 unspecified atom stereocenters. The van der Waals surface area contributed by atoms with Crippen LogP contribution in [-0.4, -0.2) is 72.4 Å². The highest BCUT2D eigenvalue weighted by Crippen LogP contribution is 2.08. The lowest BCUT2D eigenvalue weighted by Crippen LogP contribution is -2.54. The van der Waals surface area contributed by atoms with Crippen LogP contribution in [0, 0.1) is 0 Å². The Hall–Kier alpha value is -1.40. The SMILES string of the molecule is C=CC(=O)NN1CCN(CC(=O)N2CCCC2)CC1. The van der Waals surface area contributed by atoms with Gasteiger partial charge in [0.25, 0.3) is 5.91 Å². The molecule has 2 fully saturated rings. The minimum Gasteiger partial charge on any atom is -0.342 e. The Morgan fingerprint density at radius 2 is 1.68 bits per heavy atom. The molecule has 2 aliphatic heterocycles. The second-order valence-electron chi connectivity index (χ2n) is 5.03. The average molecular weight is 266 g/mol. The summed E-state index contributed by atoms with van der Waals surface area (Å²) in [6.07, 6.45) is 3.53. The van der Waals surface area contributed by atoms with Crippen molar-refractivity contribution in [3.05, 3.63) is 12.7 Å². The van der Waals surface area contributed by atoms with E-state index < -0.39 is 0 Å². The lowest BCUT2D eigenvalue weighted by atomic mass is 10.3. The zero-order chi connectivity index (χ0) is 13.7. The first kappa shape index (κ1) is 14.0. The van der Waals surface area contributed by atoms with Gasteiger partial charge in [-0.1, -0.05) is 6.58 Å². The molecule has 2 saturated heterocycles. The number of amides is 2. The van der Waals surface area contributed by atoms with Crippen molar-refractivity contribution in [3.63, 3.8) is 0 Å². The van der Waals surface area contributed by atoms with Gasteiger partial charge in [-0.05, 0) is 18.9 Å². The third-order valence-electron chi connectivity index (χ3n) is 3.64. The van der Waals surface area contributed by atoms with Gasteiger partial charge in [0.05, 0.1) is 6.54 Å². The third kappa shape index (κ3) is 4.04. The number of nitrogens with one attached hydrogen (secondary N) is 1. The zero-order valence-electron chi connectivity index (χ0n) is 11.3. The van der Waals surface area contributed by atoms with Crippen LogP contribution in [0.1, 0.15) is 12.8 Å². The first-order chi connectivity index (χ1) is 9.19. The van der Waals surface area contributed by atoms with Crippen molar-refractivity contribution >= 4 is 11.8 Å². The molecule has 19 heavy (non-hydrogen) atoms. The maximum absolute atomic E-state index is 12.0. The van der Waals surface area contributed by atoms with Gasteiger partial charge in [-0.15, -0.1) is 0 Å². The Morgan fingerprint density at radius 1 is 1.05 bits per heavy atom. The summed E-state index contributed by atoms with van der Waals surface area (Å²) in [5.74, 6) is 0.0580. The van der Waals surface area contributed by atoms with Crippen LogP contribution in [0.5, 0.6) is 0 Å². The van der Waals surface area contributed by atoms with Gasteiger partial charge in [0, 0.05) is 39.3 Å². The first-order valence-corrected chi connectivity index (χ1v) is 6.87. The minimum atomic E-state index is -0.179.